The largest absolute Gasteiger partial charge is 0.611 e. The summed E-state index contributed by atoms with van der Waals surface area (Å²) in [5, 5.41) is 9.12. The van der Waals surface area contributed by atoms with Gasteiger partial charge in [-0.15, -0.1) is 0 Å². The Labute approximate surface area is 111 Å². The number of aromatic carboxylic acids is 1. The Balaban J connectivity index is 2.93. The fourth-order valence-corrected chi connectivity index (χ4v) is 3.38. The van der Waals surface area contributed by atoms with Gasteiger partial charge in [0, 0.05) is 5.56 Å². The van der Waals surface area contributed by atoms with Crippen molar-refractivity contribution in [1.82, 2.24) is 0 Å². The summed E-state index contributed by atoms with van der Waals surface area (Å²) in [5.41, 5.74) is 0.985. The maximum atomic E-state index is 12.2. The lowest BCUT2D eigenvalue weighted by Gasteiger charge is -2.15. The van der Waals surface area contributed by atoms with Crippen LogP contribution in [0.4, 0.5) is 0 Å². The van der Waals surface area contributed by atoms with Crippen LogP contribution in [0.1, 0.15) is 49.0 Å². The van der Waals surface area contributed by atoms with Crippen LogP contribution in [0.25, 0.3) is 0 Å². The number of carboxylic acid groups (broad SMARTS) is 1. The number of hydrogen-bond donors (Lipinski definition) is 1. The molecule has 0 aromatic heterocycles. The predicted molar refractivity (Wildman–Crippen MR) is 73.6 cm³/mol. The van der Waals surface area contributed by atoms with Gasteiger partial charge in [-0.3, -0.25) is 0 Å². The Kier molecular flexibility index (Phi) is 6.22. The minimum Gasteiger partial charge on any atom is -0.611 e. The number of rotatable bonds is 7. The molecule has 0 heterocycles. The highest BCUT2D eigenvalue weighted by Crippen LogP contribution is 2.22. The van der Waals surface area contributed by atoms with Crippen molar-refractivity contribution in [1.29, 1.82) is 0 Å². The van der Waals surface area contributed by atoms with Gasteiger partial charge in [0.25, 0.3) is 0 Å². The first-order valence-corrected chi connectivity index (χ1v) is 7.67. The molecular weight excluding hydrogens is 248 g/mol. The van der Waals surface area contributed by atoms with Gasteiger partial charge < -0.3 is 9.66 Å². The summed E-state index contributed by atoms with van der Waals surface area (Å²) in [6.45, 7) is 4.00. The molecule has 1 unspecified atom stereocenters. The molecular formula is C14H20O3S. The average molecular weight is 268 g/mol. The van der Waals surface area contributed by atoms with E-state index in [2.05, 4.69) is 6.92 Å². The van der Waals surface area contributed by atoms with Crippen LogP contribution in [-0.2, 0) is 17.6 Å². The highest BCUT2D eigenvalue weighted by Gasteiger charge is 2.20. The second-order valence-corrected chi connectivity index (χ2v) is 5.74. The molecule has 0 aliphatic heterocycles. The zero-order chi connectivity index (χ0) is 13.5. The van der Waals surface area contributed by atoms with Gasteiger partial charge in [0.2, 0.25) is 0 Å². The molecule has 4 heteroatoms. The van der Waals surface area contributed by atoms with Gasteiger partial charge >= 0.3 is 5.97 Å². The Hall–Kier alpha value is -1.00. The molecule has 0 spiro atoms. The second-order valence-electron chi connectivity index (χ2n) is 4.20. The molecule has 0 radical (unpaired) electrons. The maximum absolute atomic E-state index is 12.2. The van der Waals surface area contributed by atoms with Crippen LogP contribution in [0.5, 0.6) is 0 Å². The van der Waals surface area contributed by atoms with Gasteiger partial charge in [-0.2, -0.15) is 0 Å². The van der Waals surface area contributed by atoms with E-state index in [1.807, 2.05) is 6.92 Å². The molecule has 0 aliphatic rings. The molecule has 0 bridgehead atoms. The SMILES string of the molecule is CCCCC[S+]([O-])c1cccc(C(=O)O)c1CC. The van der Waals surface area contributed by atoms with Crippen LogP contribution in [0.2, 0.25) is 0 Å². The molecule has 0 amide bonds. The van der Waals surface area contributed by atoms with E-state index < -0.39 is 17.1 Å². The van der Waals surface area contributed by atoms with Crippen molar-refractivity contribution >= 4 is 17.1 Å². The van der Waals surface area contributed by atoms with Crippen molar-refractivity contribution in [2.45, 2.75) is 44.4 Å². The van der Waals surface area contributed by atoms with Crippen LogP contribution in [0.15, 0.2) is 23.1 Å². The number of benzene rings is 1. The third-order valence-electron chi connectivity index (χ3n) is 2.90. The Morgan fingerprint density at radius 1 is 1.33 bits per heavy atom. The number of unbranched alkanes of at least 4 members (excludes halogenated alkanes) is 2. The van der Waals surface area contributed by atoms with Crippen LogP contribution in [0.3, 0.4) is 0 Å². The van der Waals surface area contributed by atoms with E-state index in [0.29, 0.717) is 22.6 Å². The number of hydrogen-bond acceptors (Lipinski definition) is 2. The standard InChI is InChI=1S/C14H20O3S/c1-3-5-6-10-18(17)13-9-7-8-12(14(15)16)11(13)4-2/h7-9H,3-6,10H2,1-2H3,(H,15,16). The van der Waals surface area contributed by atoms with Gasteiger partial charge in [-0.25, -0.2) is 4.79 Å². The summed E-state index contributed by atoms with van der Waals surface area (Å²) in [6, 6.07) is 5.04. The minimum atomic E-state index is -1.09. The van der Waals surface area contributed by atoms with Gasteiger partial charge in [-0.05, 0) is 42.6 Å². The zero-order valence-electron chi connectivity index (χ0n) is 10.9. The molecule has 3 nitrogen and oxygen atoms in total. The van der Waals surface area contributed by atoms with Gasteiger partial charge in [0.05, 0.1) is 5.56 Å². The van der Waals surface area contributed by atoms with Gasteiger partial charge in [0.1, 0.15) is 5.75 Å². The summed E-state index contributed by atoms with van der Waals surface area (Å²) in [5.74, 6) is -0.330. The summed E-state index contributed by atoms with van der Waals surface area (Å²) in [7, 11) is 0. The normalized spacial score (nSPS) is 12.4. The predicted octanol–water partition coefficient (Wildman–Crippen LogP) is 3.25. The third-order valence-corrected chi connectivity index (χ3v) is 4.43. The summed E-state index contributed by atoms with van der Waals surface area (Å²) < 4.78 is 12.2. The molecule has 100 valence electrons. The van der Waals surface area contributed by atoms with E-state index in [0.717, 1.165) is 19.3 Å². The molecule has 1 N–H and O–H groups in total. The average Bonchev–Trinajstić information content (AvgIpc) is 2.37. The fourth-order valence-electron chi connectivity index (χ4n) is 1.94. The molecule has 0 saturated carbocycles. The molecule has 0 saturated heterocycles. The van der Waals surface area contributed by atoms with Crippen molar-refractivity contribution in [3.63, 3.8) is 0 Å². The first kappa shape index (κ1) is 15.1. The van der Waals surface area contributed by atoms with Gasteiger partial charge in [0.15, 0.2) is 4.90 Å². The molecule has 0 fully saturated rings. The highest BCUT2D eigenvalue weighted by molar-refractivity contribution is 7.91. The summed E-state index contributed by atoms with van der Waals surface area (Å²) in [4.78, 5) is 11.8. The van der Waals surface area contributed by atoms with Crippen molar-refractivity contribution in [3.05, 3.63) is 29.3 Å². The zero-order valence-corrected chi connectivity index (χ0v) is 11.8. The van der Waals surface area contributed by atoms with E-state index in [1.54, 1.807) is 18.2 Å². The number of carboxylic acids is 1. The van der Waals surface area contributed by atoms with E-state index in [1.165, 1.54) is 0 Å². The summed E-state index contributed by atoms with van der Waals surface area (Å²) >= 11 is -1.09. The molecule has 1 atom stereocenters. The van der Waals surface area contributed by atoms with Crippen molar-refractivity contribution in [2.24, 2.45) is 0 Å². The quantitative estimate of drug-likeness (QED) is 0.610. The van der Waals surface area contributed by atoms with Crippen molar-refractivity contribution in [2.75, 3.05) is 5.75 Å². The molecule has 1 rings (SSSR count). The topological polar surface area (TPSA) is 60.4 Å². The number of carbonyl (C=O) groups is 1. The lowest BCUT2D eigenvalue weighted by molar-refractivity contribution is 0.0695. The Morgan fingerprint density at radius 2 is 2.06 bits per heavy atom. The molecule has 0 aliphatic carbocycles. The highest BCUT2D eigenvalue weighted by atomic mass is 32.2. The molecule has 18 heavy (non-hydrogen) atoms. The lowest BCUT2D eigenvalue weighted by Crippen LogP contribution is -2.13. The molecule has 1 aromatic rings. The summed E-state index contributed by atoms with van der Waals surface area (Å²) in [6.07, 6.45) is 3.67. The fraction of sp³-hybridized carbons (Fsp3) is 0.500. The second kappa shape index (κ2) is 7.44. The maximum Gasteiger partial charge on any atom is 0.336 e. The van der Waals surface area contributed by atoms with E-state index in [9.17, 15) is 9.35 Å². The lowest BCUT2D eigenvalue weighted by atomic mass is 10.1. The van der Waals surface area contributed by atoms with E-state index in [-0.39, 0.29) is 5.56 Å². The Bertz CT molecular complexity index is 404. The van der Waals surface area contributed by atoms with Crippen LogP contribution in [0, 0.1) is 0 Å². The first-order valence-electron chi connectivity index (χ1n) is 6.35. The van der Waals surface area contributed by atoms with Gasteiger partial charge in [-0.1, -0.05) is 26.3 Å². The van der Waals surface area contributed by atoms with Crippen LogP contribution in [-0.4, -0.2) is 21.4 Å². The van der Waals surface area contributed by atoms with Crippen molar-refractivity contribution in [3.8, 4) is 0 Å². The minimum absolute atomic E-state index is 0.277. The monoisotopic (exact) mass is 268 g/mol. The van der Waals surface area contributed by atoms with Crippen molar-refractivity contribution < 1.29 is 14.5 Å². The van der Waals surface area contributed by atoms with Crippen LogP contribution >= 0.6 is 0 Å². The third kappa shape index (κ3) is 3.75. The van der Waals surface area contributed by atoms with E-state index in [4.69, 9.17) is 5.11 Å². The van der Waals surface area contributed by atoms with E-state index >= 15 is 0 Å². The van der Waals surface area contributed by atoms with Crippen LogP contribution < -0.4 is 0 Å². The first-order chi connectivity index (χ1) is 8.61. The smallest absolute Gasteiger partial charge is 0.336 e. The molecule has 1 aromatic carbocycles. The Morgan fingerprint density at radius 3 is 2.61 bits per heavy atom.